The van der Waals surface area contributed by atoms with E-state index in [1.54, 1.807) is 12.1 Å². The van der Waals surface area contributed by atoms with E-state index in [-0.39, 0.29) is 5.82 Å². The Bertz CT molecular complexity index is 692. The first-order chi connectivity index (χ1) is 12.0. The van der Waals surface area contributed by atoms with E-state index in [2.05, 4.69) is 53.3 Å². The van der Waals surface area contributed by atoms with E-state index < -0.39 is 0 Å². The van der Waals surface area contributed by atoms with Crippen molar-refractivity contribution in [3.8, 4) is 0 Å². The summed E-state index contributed by atoms with van der Waals surface area (Å²) in [6.45, 7) is 9.66. The molecule has 0 aliphatic heterocycles. The van der Waals surface area contributed by atoms with Crippen molar-refractivity contribution in [2.24, 2.45) is 4.99 Å². The molecule has 1 aromatic heterocycles. The van der Waals surface area contributed by atoms with Crippen LogP contribution in [0.5, 0.6) is 0 Å². The molecule has 0 aliphatic rings. The average molecular weight is 347 g/mol. The molecule has 2 aromatic rings. The molecule has 138 valence electrons. The molecule has 3 N–H and O–H groups in total. The van der Waals surface area contributed by atoms with E-state index in [9.17, 15) is 4.39 Å². The van der Waals surface area contributed by atoms with Crippen LogP contribution in [0, 0.1) is 5.82 Å². The number of H-pyrrole nitrogens is 1. The molecule has 0 spiro atoms. The van der Waals surface area contributed by atoms with Gasteiger partial charge in [-0.3, -0.25) is 4.99 Å². The predicted octanol–water partition coefficient (Wildman–Crippen LogP) is 2.74. The lowest BCUT2D eigenvalue weighted by atomic mass is 10.1. The fourth-order valence-corrected chi connectivity index (χ4v) is 2.59. The van der Waals surface area contributed by atoms with Crippen molar-refractivity contribution in [2.45, 2.75) is 33.2 Å². The summed E-state index contributed by atoms with van der Waals surface area (Å²) < 4.78 is 13.4. The second-order valence-electron chi connectivity index (χ2n) is 6.52. The van der Waals surface area contributed by atoms with Crippen LogP contribution in [-0.2, 0) is 6.42 Å². The van der Waals surface area contributed by atoms with E-state index in [0.717, 1.165) is 55.0 Å². The van der Waals surface area contributed by atoms with Crippen molar-refractivity contribution in [3.05, 3.63) is 35.8 Å². The van der Waals surface area contributed by atoms with E-state index in [1.807, 2.05) is 6.20 Å². The fourth-order valence-electron chi connectivity index (χ4n) is 2.59. The topological polar surface area (TPSA) is 55.5 Å². The van der Waals surface area contributed by atoms with E-state index in [1.165, 1.54) is 6.07 Å². The summed E-state index contributed by atoms with van der Waals surface area (Å²) in [6.07, 6.45) is 2.76. The van der Waals surface area contributed by atoms with Crippen molar-refractivity contribution >= 4 is 16.9 Å². The molecule has 25 heavy (non-hydrogen) atoms. The van der Waals surface area contributed by atoms with Crippen LogP contribution in [0.1, 0.15) is 26.3 Å². The second kappa shape index (κ2) is 9.42. The molecule has 0 unspecified atom stereocenters. The van der Waals surface area contributed by atoms with Crippen LogP contribution in [0.25, 0.3) is 10.9 Å². The highest BCUT2D eigenvalue weighted by molar-refractivity contribution is 5.83. The van der Waals surface area contributed by atoms with Gasteiger partial charge < -0.3 is 20.5 Å². The summed E-state index contributed by atoms with van der Waals surface area (Å²) in [6, 6.07) is 5.36. The highest BCUT2D eigenvalue weighted by Crippen LogP contribution is 2.19. The molecule has 1 aromatic carbocycles. The molecule has 0 saturated carbocycles. The highest BCUT2D eigenvalue weighted by atomic mass is 19.1. The van der Waals surface area contributed by atoms with Crippen molar-refractivity contribution < 1.29 is 4.39 Å². The molecule has 0 saturated heterocycles. The lowest BCUT2D eigenvalue weighted by Gasteiger charge is -2.20. The van der Waals surface area contributed by atoms with Gasteiger partial charge in [-0.1, -0.05) is 0 Å². The van der Waals surface area contributed by atoms with Gasteiger partial charge in [-0.15, -0.1) is 0 Å². The summed E-state index contributed by atoms with van der Waals surface area (Å²) >= 11 is 0. The maximum Gasteiger partial charge on any atom is 0.191 e. The van der Waals surface area contributed by atoms with Crippen molar-refractivity contribution in [1.29, 1.82) is 0 Å². The Morgan fingerprint density at radius 1 is 1.32 bits per heavy atom. The van der Waals surface area contributed by atoms with Gasteiger partial charge in [0.25, 0.3) is 0 Å². The van der Waals surface area contributed by atoms with Crippen LogP contribution in [0.4, 0.5) is 4.39 Å². The minimum atomic E-state index is -0.203. The average Bonchev–Trinajstić information content (AvgIpc) is 2.97. The number of aromatic amines is 1. The molecule has 0 fully saturated rings. The van der Waals surface area contributed by atoms with Crippen LogP contribution in [-0.4, -0.2) is 55.1 Å². The molecule has 2 rings (SSSR count). The van der Waals surface area contributed by atoms with Crippen LogP contribution >= 0.6 is 0 Å². The number of guanidine groups is 1. The summed E-state index contributed by atoms with van der Waals surface area (Å²) in [5.41, 5.74) is 2.08. The van der Waals surface area contributed by atoms with E-state index in [0.29, 0.717) is 6.04 Å². The standard InChI is InChI=1S/C19H30FN5/c1-5-21-19(23-10-11-25(4)14(2)3)22-9-8-15-13-24-18-7-6-16(20)12-17(15)18/h6-7,12-14,24H,5,8-11H2,1-4H3,(H2,21,22,23). The predicted molar refractivity (Wildman–Crippen MR) is 104 cm³/mol. The largest absolute Gasteiger partial charge is 0.361 e. The zero-order chi connectivity index (χ0) is 18.2. The van der Waals surface area contributed by atoms with Gasteiger partial charge >= 0.3 is 0 Å². The third kappa shape index (κ3) is 5.74. The molecule has 0 aliphatic carbocycles. The Morgan fingerprint density at radius 3 is 2.84 bits per heavy atom. The number of likely N-dealkylation sites (N-methyl/N-ethyl adjacent to an activating group) is 1. The lowest BCUT2D eigenvalue weighted by molar-refractivity contribution is 0.282. The number of benzene rings is 1. The maximum absolute atomic E-state index is 13.4. The molecule has 0 radical (unpaired) electrons. The number of aromatic nitrogens is 1. The van der Waals surface area contributed by atoms with Gasteiger partial charge in [-0.05, 0) is 58.0 Å². The zero-order valence-electron chi connectivity index (χ0n) is 15.7. The third-order valence-corrected chi connectivity index (χ3v) is 4.36. The summed E-state index contributed by atoms with van der Waals surface area (Å²) in [5.74, 6) is 0.621. The second-order valence-corrected chi connectivity index (χ2v) is 6.52. The Balaban J connectivity index is 1.88. The van der Waals surface area contributed by atoms with Gasteiger partial charge in [0.05, 0.1) is 6.54 Å². The molecular weight excluding hydrogens is 317 g/mol. The number of fused-ring (bicyclic) bond motifs is 1. The summed E-state index contributed by atoms with van der Waals surface area (Å²) in [4.78, 5) is 10.1. The Hall–Kier alpha value is -2.08. The number of halogens is 1. The SMILES string of the molecule is CCNC(=NCCN(C)C(C)C)NCCc1c[nH]c2ccc(F)cc12. The molecule has 1 heterocycles. The first-order valence-corrected chi connectivity index (χ1v) is 8.99. The first kappa shape index (κ1) is 19.2. The number of aliphatic imine (C=N–C) groups is 1. The van der Waals surface area contributed by atoms with Crippen molar-refractivity contribution in [3.63, 3.8) is 0 Å². The number of hydrogen-bond donors (Lipinski definition) is 3. The quantitative estimate of drug-likeness (QED) is 0.508. The van der Waals surface area contributed by atoms with Gasteiger partial charge in [0.15, 0.2) is 5.96 Å². The zero-order valence-corrected chi connectivity index (χ0v) is 15.7. The molecular formula is C19H30FN5. The smallest absolute Gasteiger partial charge is 0.191 e. The van der Waals surface area contributed by atoms with Crippen molar-refractivity contribution in [1.82, 2.24) is 20.5 Å². The molecule has 0 amide bonds. The van der Waals surface area contributed by atoms with Crippen LogP contribution in [0.2, 0.25) is 0 Å². The van der Waals surface area contributed by atoms with Gasteiger partial charge in [0, 0.05) is 42.8 Å². The normalized spacial score (nSPS) is 12.4. The van der Waals surface area contributed by atoms with Crippen LogP contribution in [0.15, 0.2) is 29.4 Å². The summed E-state index contributed by atoms with van der Waals surface area (Å²) in [7, 11) is 2.11. The lowest BCUT2D eigenvalue weighted by Crippen LogP contribution is -2.39. The van der Waals surface area contributed by atoms with Gasteiger partial charge in [0.2, 0.25) is 0 Å². The Labute approximate surface area is 149 Å². The highest BCUT2D eigenvalue weighted by Gasteiger charge is 2.06. The summed E-state index contributed by atoms with van der Waals surface area (Å²) in [5, 5.41) is 7.57. The Kier molecular flexibility index (Phi) is 7.25. The molecule has 6 heteroatoms. The minimum absolute atomic E-state index is 0.203. The number of hydrogen-bond acceptors (Lipinski definition) is 2. The Morgan fingerprint density at radius 2 is 2.12 bits per heavy atom. The van der Waals surface area contributed by atoms with Crippen molar-refractivity contribution in [2.75, 3.05) is 33.2 Å². The number of nitrogens with zero attached hydrogens (tertiary/aromatic N) is 2. The van der Waals surface area contributed by atoms with Gasteiger partial charge in [-0.2, -0.15) is 0 Å². The molecule has 5 nitrogen and oxygen atoms in total. The monoisotopic (exact) mass is 347 g/mol. The van der Waals surface area contributed by atoms with Crippen LogP contribution in [0.3, 0.4) is 0 Å². The molecule has 0 bridgehead atoms. The van der Waals surface area contributed by atoms with E-state index >= 15 is 0 Å². The fraction of sp³-hybridized carbons (Fsp3) is 0.526. The third-order valence-electron chi connectivity index (χ3n) is 4.36. The van der Waals surface area contributed by atoms with E-state index in [4.69, 9.17) is 0 Å². The van der Waals surface area contributed by atoms with Gasteiger partial charge in [-0.25, -0.2) is 4.39 Å². The van der Waals surface area contributed by atoms with Crippen LogP contribution < -0.4 is 10.6 Å². The molecule has 0 atom stereocenters. The first-order valence-electron chi connectivity index (χ1n) is 8.99. The number of nitrogens with one attached hydrogen (secondary N) is 3. The minimum Gasteiger partial charge on any atom is -0.361 e. The maximum atomic E-state index is 13.4. The van der Waals surface area contributed by atoms with Gasteiger partial charge in [0.1, 0.15) is 5.82 Å². The number of rotatable bonds is 8.